The van der Waals surface area contributed by atoms with Gasteiger partial charge in [-0.2, -0.15) is 8.78 Å². The van der Waals surface area contributed by atoms with Crippen molar-refractivity contribution in [2.75, 3.05) is 6.61 Å². The van der Waals surface area contributed by atoms with Crippen molar-refractivity contribution in [3.8, 4) is 5.75 Å². The van der Waals surface area contributed by atoms with Crippen LogP contribution >= 0.6 is 0 Å². The van der Waals surface area contributed by atoms with Crippen LogP contribution in [0.5, 0.6) is 5.75 Å². The van der Waals surface area contributed by atoms with Crippen LogP contribution in [0.4, 0.5) is 8.78 Å². The average Bonchev–Trinajstić information content (AvgIpc) is 2.17. The van der Waals surface area contributed by atoms with E-state index in [0.29, 0.717) is 6.42 Å². The monoisotopic (exact) mass is 217 g/mol. The molecule has 1 aromatic carbocycles. The van der Waals surface area contributed by atoms with Gasteiger partial charge in [-0.25, -0.2) is 0 Å². The molecule has 1 rings (SSSR count). The Hall–Kier alpha value is -1.20. The first-order chi connectivity index (χ1) is 7.11. The number of benzene rings is 1. The van der Waals surface area contributed by atoms with E-state index in [4.69, 9.17) is 10.8 Å². The number of hydrogen-bond donors (Lipinski definition) is 2. The van der Waals surface area contributed by atoms with Crippen LogP contribution < -0.4 is 10.5 Å². The number of alkyl halides is 2. The third-order valence-electron chi connectivity index (χ3n) is 1.86. The zero-order valence-corrected chi connectivity index (χ0v) is 8.07. The molecule has 0 saturated carbocycles. The maximum Gasteiger partial charge on any atom is 0.387 e. The number of hydrogen-bond acceptors (Lipinski definition) is 3. The van der Waals surface area contributed by atoms with E-state index in [1.54, 1.807) is 12.1 Å². The van der Waals surface area contributed by atoms with Crippen molar-refractivity contribution in [1.82, 2.24) is 0 Å². The zero-order chi connectivity index (χ0) is 11.3. The third kappa shape index (κ3) is 4.22. The van der Waals surface area contributed by atoms with Gasteiger partial charge >= 0.3 is 6.61 Å². The second-order valence-electron chi connectivity index (χ2n) is 3.17. The molecule has 0 amide bonds. The van der Waals surface area contributed by atoms with E-state index in [-0.39, 0.29) is 18.4 Å². The highest BCUT2D eigenvalue weighted by Gasteiger charge is 2.06. The Morgan fingerprint density at radius 1 is 1.40 bits per heavy atom. The Bertz CT molecular complexity index is 307. The molecule has 5 heteroatoms. The number of aliphatic hydroxyl groups is 1. The van der Waals surface area contributed by atoms with Crippen LogP contribution in [-0.4, -0.2) is 24.4 Å². The first kappa shape index (κ1) is 11.9. The van der Waals surface area contributed by atoms with Crippen molar-refractivity contribution < 1.29 is 18.6 Å². The fourth-order valence-electron chi connectivity index (χ4n) is 1.22. The van der Waals surface area contributed by atoms with Gasteiger partial charge in [-0.3, -0.25) is 0 Å². The lowest BCUT2D eigenvalue weighted by Crippen LogP contribution is -2.26. The highest BCUT2D eigenvalue weighted by molar-refractivity contribution is 5.29. The van der Waals surface area contributed by atoms with Crippen LogP contribution in [0.1, 0.15) is 5.56 Å². The van der Waals surface area contributed by atoms with Gasteiger partial charge in [0.2, 0.25) is 0 Å². The molecule has 1 unspecified atom stereocenters. The minimum atomic E-state index is -2.83. The lowest BCUT2D eigenvalue weighted by atomic mass is 10.1. The van der Waals surface area contributed by atoms with Crippen molar-refractivity contribution in [2.45, 2.75) is 19.1 Å². The molecule has 0 aliphatic carbocycles. The van der Waals surface area contributed by atoms with Gasteiger partial charge in [0.1, 0.15) is 5.75 Å². The summed E-state index contributed by atoms with van der Waals surface area (Å²) in [4.78, 5) is 0. The maximum absolute atomic E-state index is 11.9. The predicted octanol–water partition coefficient (Wildman–Crippen LogP) is 1.15. The van der Waals surface area contributed by atoms with E-state index in [1.165, 1.54) is 12.1 Å². The fraction of sp³-hybridized carbons (Fsp3) is 0.400. The van der Waals surface area contributed by atoms with Gasteiger partial charge in [-0.15, -0.1) is 0 Å². The third-order valence-corrected chi connectivity index (χ3v) is 1.86. The molecule has 0 aliphatic rings. The summed E-state index contributed by atoms with van der Waals surface area (Å²) in [6, 6.07) is 5.90. The van der Waals surface area contributed by atoms with Gasteiger partial charge in [-0.05, 0) is 24.1 Å². The summed E-state index contributed by atoms with van der Waals surface area (Å²) in [5, 5.41) is 8.73. The summed E-state index contributed by atoms with van der Waals surface area (Å²) in [7, 11) is 0. The van der Waals surface area contributed by atoms with Crippen molar-refractivity contribution in [1.29, 1.82) is 0 Å². The largest absolute Gasteiger partial charge is 0.435 e. The molecular formula is C10H13F2NO2. The van der Waals surface area contributed by atoms with Crippen LogP contribution in [0, 0.1) is 0 Å². The molecule has 1 atom stereocenters. The van der Waals surface area contributed by atoms with Crippen LogP contribution in [0.25, 0.3) is 0 Å². The van der Waals surface area contributed by atoms with Crippen molar-refractivity contribution in [3.63, 3.8) is 0 Å². The molecule has 0 radical (unpaired) electrons. The topological polar surface area (TPSA) is 55.5 Å². The van der Waals surface area contributed by atoms with Crippen molar-refractivity contribution in [3.05, 3.63) is 29.8 Å². The molecule has 0 bridgehead atoms. The van der Waals surface area contributed by atoms with E-state index in [1.807, 2.05) is 0 Å². The average molecular weight is 217 g/mol. The van der Waals surface area contributed by atoms with Gasteiger partial charge in [0.25, 0.3) is 0 Å². The molecule has 0 aliphatic heterocycles. The van der Waals surface area contributed by atoms with E-state index in [0.717, 1.165) is 5.56 Å². The molecule has 84 valence electrons. The molecule has 0 fully saturated rings. The first-order valence-corrected chi connectivity index (χ1v) is 4.52. The molecule has 0 heterocycles. The van der Waals surface area contributed by atoms with Crippen LogP contribution in [0.15, 0.2) is 24.3 Å². The van der Waals surface area contributed by atoms with Gasteiger partial charge in [0.15, 0.2) is 0 Å². The first-order valence-electron chi connectivity index (χ1n) is 4.52. The number of aliphatic hydroxyl groups excluding tert-OH is 1. The Balaban J connectivity index is 2.65. The van der Waals surface area contributed by atoms with Gasteiger partial charge in [-0.1, -0.05) is 12.1 Å². The Morgan fingerprint density at radius 2 is 2.13 bits per heavy atom. The molecule has 3 nitrogen and oxygen atoms in total. The minimum Gasteiger partial charge on any atom is -0.435 e. The van der Waals surface area contributed by atoms with Gasteiger partial charge < -0.3 is 15.6 Å². The summed E-state index contributed by atoms with van der Waals surface area (Å²) >= 11 is 0. The van der Waals surface area contributed by atoms with Crippen LogP contribution in [-0.2, 0) is 6.42 Å². The Labute approximate surface area is 86.5 Å². The minimum absolute atomic E-state index is 0.104. The van der Waals surface area contributed by atoms with E-state index < -0.39 is 6.61 Å². The summed E-state index contributed by atoms with van der Waals surface area (Å²) in [5.41, 5.74) is 6.28. The lowest BCUT2D eigenvalue weighted by Gasteiger charge is -2.09. The molecule has 15 heavy (non-hydrogen) atoms. The smallest absolute Gasteiger partial charge is 0.387 e. The molecular weight excluding hydrogens is 204 g/mol. The van der Waals surface area contributed by atoms with Crippen molar-refractivity contribution >= 4 is 0 Å². The number of nitrogens with two attached hydrogens (primary N) is 1. The second-order valence-corrected chi connectivity index (χ2v) is 3.17. The normalized spacial score (nSPS) is 12.9. The Kier molecular flexibility index (Phi) is 4.45. The van der Waals surface area contributed by atoms with E-state index in [9.17, 15) is 8.78 Å². The summed E-state index contributed by atoms with van der Waals surface area (Å²) in [6.07, 6.45) is 0.428. The molecule has 1 aromatic rings. The predicted molar refractivity (Wildman–Crippen MR) is 51.8 cm³/mol. The van der Waals surface area contributed by atoms with Crippen LogP contribution in [0.2, 0.25) is 0 Å². The van der Waals surface area contributed by atoms with E-state index in [2.05, 4.69) is 4.74 Å². The highest BCUT2D eigenvalue weighted by Crippen LogP contribution is 2.16. The molecule has 0 aromatic heterocycles. The number of ether oxygens (including phenoxy) is 1. The number of rotatable bonds is 5. The lowest BCUT2D eigenvalue weighted by molar-refractivity contribution is -0.0498. The van der Waals surface area contributed by atoms with Gasteiger partial charge in [0.05, 0.1) is 6.61 Å². The fourth-order valence-corrected chi connectivity index (χ4v) is 1.22. The SMILES string of the molecule is NC(CO)Cc1cccc(OC(F)F)c1. The molecule has 0 spiro atoms. The summed E-state index contributed by atoms with van der Waals surface area (Å²) in [6.45, 7) is -2.97. The zero-order valence-electron chi connectivity index (χ0n) is 8.07. The maximum atomic E-state index is 11.9. The van der Waals surface area contributed by atoms with E-state index >= 15 is 0 Å². The summed E-state index contributed by atoms with van der Waals surface area (Å²) in [5.74, 6) is 0.104. The highest BCUT2D eigenvalue weighted by atomic mass is 19.3. The quantitative estimate of drug-likeness (QED) is 0.777. The van der Waals surface area contributed by atoms with Gasteiger partial charge in [0, 0.05) is 6.04 Å². The van der Waals surface area contributed by atoms with Crippen LogP contribution in [0.3, 0.4) is 0 Å². The number of halogens is 2. The molecule has 3 N–H and O–H groups in total. The standard InChI is InChI=1S/C10H13F2NO2/c11-10(12)15-9-3-1-2-7(5-9)4-8(13)6-14/h1-3,5,8,10,14H,4,6,13H2. The second kappa shape index (κ2) is 5.63. The summed E-state index contributed by atoms with van der Waals surface area (Å²) < 4.78 is 28.0. The van der Waals surface area contributed by atoms with Crippen molar-refractivity contribution in [2.24, 2.45) is 5.73 Å². The molecule has 0 saturated heterocycles. The Morgan fingerprint density at radius 3 is 2.73 bits per heavy atom.